The Labute approximate surface area is 132 Å². The van der Waals surface area contributed by atoms with Crippen LogP contribution in [0.15, 0.2) is 34.2 Å². The standard InChI is InChI=1S/C15H20FN3O2S/c1-2-3-9-19-14(20)17-18-15(19)22-11-4-10-21-13-7-5-12(16)6-8-13/h5-8H,2-4,9-11H2,1H3,(H,17,20). The van der Waals surface area contributed by atoms with Crippen LogP contribution in [0.2, 0.25) is 0 Å². The SMILES string of the molecule is CCCCn1c(SCCCOc2ccc(F)cc2)n[nH]c1=O. The van der Waals surface area contributed by atoms with Crippen molar-refractivity contribution in [1.29, 1.82) is 0 Å². The van der Waals surface area contributed by atoms with Gasteiger partial charge in [0.15, 0.2) is 5.16 Å². The van der Waals surface area contributed by atoms with Gasteiger partial charge in [0, 0.05) is 12.3 Å². The summed E-state index contributed by atoms with van der Waals surface area (Å²) in [7, 11) is 0. The second-order valence-corrected chi connectivity index (χ2v) is 5.88. The van der Waals surface area contributed by atoms with Gasteiger partial charge in [-0.15, -0.1) is 5.10 Å². The summed E-state index contributed by atoms with van der Waals surface area (Å²) < 4.78 is 19.9. The smallest absolute Gasteiger partial charge is 0.343 e. The van der Waals surface area contributed by atoms with Crippen LogP contribution in [0.3, 0.4) is 0 Å². The Morgan fingerprint density at radius 1 is 1.32 bits per heavy atom. The van der Waals surface area contributed by atoms with Crippen LogP contribution in [0.5, 0.6) is 5.75 Å². The van der Waals surface area contributed by atoms with E-state index in [1.807, 2.05) is 0 Å². The van der Waals surface area contributed by atoms with E-state index >= 15 is 0 Å². The van der Waals surface area contributed by atoms with Crippen molar-refractivity contribution >= 4 is 11.8 Å². The van der Waals surface area contributed by atoms with E-state index in [0.717, 1.165) is 30.2 Å². The minimum absolute atomic E-state index is 0.154. The van der Waals surface area contributed by atoms with Crippen LogP contribution in [0.1, 0.15) is 26.2 Å². The Morgan fingerprint density at radius 2 is 2.09 bits per heavy atom. The van der Waals surface area contributed by atoms with Crippen LogP contribution in [-0.4, -0.2) is 27.1 Å². The second kappa shape index (κ2) is 8.63. The van der Waals surface area contributed by atoms with E-state index in [0.29, 0.717) is 18.9 Å². The first-order valence-corrected chi connectivity index (χ1v) is 8.35. The molecule has 2 aromatic rings. The minimum atomic E-state index is -0.272. The average molecular weight is 325 g/mol. The Balaban J connectivity index is 1.72. The molecule has 0 aliphatic rings. The number of nitrogens with zero attached hydrogens (tertiary/aromatic N) is 2. The highest BCUT2D eigenvalue weighted by atomic mass is 32.2. The van der Waals surface area contributed by atoms with Crippen LogP contribution in [0.25, 0.3) is 0 Å². The maximum atomic E-state index is 12.7. The van der Waals surface area contributed by atoms with Gasteiger partial charge in [0.1, 0.15) is 11.6 Å². The lowest BCUT2D eigenvalue weighted by molar-refractivity contribution is 0.318. The van der Waals surface area contributed by atoms with Crippen molar-refractivity contribution in [3.8, 4) is 5.75 Å². The molecule has 0 radical (unpaired) electrons. The monoisotopic (exact) mass is 325 g/mol. The summed E-state index contributed by atoms with van der Waals surface area (Å²) in [5.74, 6) is 1.19. The maximum absolute atomic E-state index is 12.7. The van der Waals surface area contributed by atoms with E-state index in [2.05, 4.69) is 17.1 Å². The van der Waals surface area contributed by atoms with Gasteiger partial charge in [-0.2, -0.15) is 0 Å². The molecule has 0 fully saturated rings. The molecule has 0 atom stereocenters. The van der Waals surface area contributed by atoms with Crippen molar-refractivity contribution in [1.82, 2.24) is 14.8 Å². The quantitative estimate of drug-likeness (QED) is 0.568. The Bertz CT molecular complexity index is 624. The van der Waals surface area contributed by atoms with Gasteiger partial charge in [0.25, 0.3) is 0 Å². The molecule has 120 valence electrons. The van der Waals surface area contributed by atoms with E-state index in [1.165, 1.54) is 23.9 Å². The molecule has 0 amide bonds. The van der Waals surface area contributed by atoms with Gasteiger partial charge in [-0.25, -0.2) is 14.3 Å². The summed E-state index contributed by atoms with van der Waals surface area (Å²) in [6.07, 6.45) is 2.81. The van der Waals surface area contributed by atoms with Crippen LogP contribution >= 0.6 is 11.8 Å². The van der Waals surface area contributed by atoms with Crippen LogP contribution in [-0.2, 0) is 6.54 Å². The molecular weight excluding hydrogens is 305 g/mol. The topological polar surface area (TPSA) is 59.9 Å². The van der Waals surface area contributed by atoms with Crippen molar-refractivity contribution in [2.45, 2.75) is 37.9 Å². The fourth-order valence-electron chi connectivity index (χ4n) is 1.87. The largest absolute Gasteiger partial charge is 0.494 e. The third-order valence-electron chi connectivity index (χ3n) is 3.06. The highest BCUT2D eigenvalue weighted by molar-refractivity contribution is 7.99. The number of benzene rings is 1. The molecule has 22 heavy (non-hydrogen) atoms. The van der Waals surface area contributed by atoms with Crippen LogP contribution in [0.4, 0.5) is 4.39 Å². The van der Waals surface area contributed by atoms with E-state index in [-0.39, 0.29) is 11.5 Å². The summed E-state index contributed by atoms with van der Waals surface area (Å²) in [5, 5.41) is 7.25. The first-order chi connectivity index (χ1) is 10.7. The highest BCUT2D eigenvalue weighted by Crippen LogP contribution is 2.16. The molecular formula is C15H20FN3O2S. The second-order valence-electron chi connectivity index (χ2n) is 4.82. The number of thioether (sulfide) groups is 1. The lowest BCUT2D eigenvalue weighted by Gasteiger charge is -2.06. The first-order valence-electron chi connectivity index (χ1n) is 7.37. The van der Waals surface area contributed by atoms with Gasteiger partial charge < -0.3 is 4.74 Å². The van der Waals surface area contributed by atoms with E-state index in [4.69, 9.17) is 4.74 Å². The normalized spacial score (nSPS) is 10.8. The molecule has 0 spiro atoms. The van der Waals surface area contributed by atoms with Gasteiger partial charge in [0.05, 0.1) is 6.61 Å². The summed E-state index contributed by atoms with van der Waals surface area (Å²) in [6.45, 7) is 3.33. The predicted octanol–water partition coefficient (Wildman–Crippen LogP) is 3.07. The minimum Gasteiger partial charge on any atom is -0.494 e. The van der Waals surface area contributed by atoms with Gasteiger partial charge in [-0.05, 0) is 37.1 Å². The Morgan fingerprint density at radius 3 is 2.82 bits per heavy atom. The number of nitrogens with one attached hydrogen (secondary N) is 1. The predicted molar refractivity (Wildman–Crippen MR) is 85.0 cm³/mol. The molecule has 0 unspecified atom stereocenters. The number of hydrogen-bond acceptors (Lipinski definition) is 4. The first kappa shape index (κ1) is 16.6. The number of H-pyrrole nitrogens is 1. The molecule has 1 heterocycles. The lowest BCUT2D eigenvalue weighted by Crippen LogP contribution is -2.17. The van der Waals surface area contributed by atoms with E-state index in [9.17, 15) is 9.18 Å². The molecule has 0 bridgehead atoms. The number of ether oxygens (including phenoxy) is 1. The van der Waals surface area contributed by atoms with E-state index in [1.54, 1.807) is 16.7 Å². The molecule has 1 aromatic heterocycles. The van der Waals surface area contributed by atoms with Gasteiger partial charge in [-0.3, -0.25) is 4.57 Å². The summed E-state index contributed by atoms with van der Waals surface area (Å²) in [4.78, 5) is 11.6. The molecule has 7 heteroatoms. The van der Waals surface area contributed by atoms with Crippen molar-refractivity contribution in [2.75, 3.05) is 12.4 Å². The van der Waals surface area contributed by atoms with Crippen molar-refractivity contribution in [2.24, 2.45) is 0 Å². The van der Waals surface area contributed by atoms with Crippen molar-refractivity contribution < 1.29 is 9.13 Å². The zero-order valence-corrected chi connectivity index (χ0v) is 13.4. The zero-order chi connectivity index (χ0) is 15.8. The number of unbranched alkanes of at least 4 members (excludes halogenated alkanes) is 1. The molecule has 1 aromatic carbocycles. The number of aromatic nitrogens is 3. The molecule has 0 aliphatic heterocycles. The fraction of sp³-hybridized carbons (Fsp3) is 0.467. The van der Waals surface area contributed by atoms with Gasteiger partial charge in [-0.1, -0.05) is 25.1 Å². The number of rotatable bonds is 9. The van der Waals surface area contributed by atoms with Gasteiger partial charge >= 0.3 is 5.69 Å². The molecule has 1 N–H and O–H groups in total. The third kappa shape index (κ3) is 4.91. The number of hydrogen-bond donors (Lipinski definition) is 1. The highest BCUT2D eigenvalue weighted by Gasteiger charge is 2.07. The maximum Gasteiger partial charge on any atom is 0.343 e. The lowest BCUT2D eigenvalue weighted by atomic mass is 10.3. The molecule has 0 aliphatic carbocycles. The van der Waals surface area contributed by atoms with Gasteiger partial charge in [0.2, 0.25) is 0 Å². The summed E-state index contributed by atoms with van der Waals surface area (Å²) in [5.41, 5.74) is -0.154. The molecule has 0 saturated carbocycles. The van der Waals surface area contributed by atoms with Crippen molar-refractivity contribution in [3.63, 3.8) is 0 Å². The average Bonchev–Trinajstić information content (AvgIpc) is 2.87. The number of halogens is 1. The summed E-state index contributed by atoms with van der Waals surface area (Å²) in [6, 6.07) is 5.97. The van der Waals surface area contributed by atoms with Crippen LogP contribution < -0.4 is 10.4 Å². The van der Waals surface area contributed by atoms with Crippen molar-refractivity contribution in [3.05, 3.63) is 40.6 Å². The van der Waals surface area contributed by atoms with E-state index < -0.39 is 0 Å². The molecule has 2 rings (SSSR count). The summed E-state index contributed by atoms with van der Waals surface area (Å²) >= 11 is 1.54. The molecule has 5 nitrogen and oxygen atoms in total. The Kier molecular flexibility index (Phi) is 6.51. The fourth-order valence-corrected chi connectivity index (χ4v) is 2.76. The third-order valence-corrected chi connectivity index (χ3v) is 4.12. The number of aromatic amines is 1. The molecule has 0 saturated heterocycles. The zero-order valence-electron chi connectivity index (χ0n) is 12.5. The van der Waals surface area contributed by atoms with Crippen LogP contribution in [0, 0.1) is 5.82 Å². The Hall–Kier alpha value is -1.76.